The number of carboxylic acids is 1. The maximum absolute atomic E-state index is 11.1. The summed E-state index contributed by atoms with van der Waals surface area (Å²) in [5.41, 5.74) is 2.75. The number of aliphatic carboxylic acids is 1. The zero-order valence-corrected chi connectivity index (χ0v) is 12.6. The van der Waals surface area contributed by atoms with E-state index in [1.807, 2.05) is 42.5 Å². The largest absolute Gasteiger partial charge is 0.481 e. The summed E-state index contributed by atoms with van der Waals surface area (Å²) in [4.78, 5) is 20.6. The molecule has 0 aliphatic rings. The summed E-state index contributed by atoms with van der Waals surface area (Å²) >= 11 is 1.46. The number of hydrogen-bond acceptors (Lipinski definition) is 4. The number of hydrogen-bond donors (Lipinski definition) is 1. The molecule has 4 nitrogen and oxygen atoms in total. The predicted octanol–water partition coefficient (Wildman–Crippen LogP) is 3.42. The normalized spacial score (nSPS) is 10.5. The number of carbonyl (C=O) groups is 1. The number of carboxylic acid groups (broad SMARTS) is 1. The Hall–Kier alpha value is -2.53. The summed E-state index contributed by atoms with van der Waals surface area (Å²) in [6, 6.07) is 13.8. The fourth-order valence-corrected chi connectivity index (χ4v) is 3.35. The van der Waals surface area contributed by atoms with E-state index < -0.39 is 5.97 Å². The Morgan fingerprint density at radius 1 is 1.14 bits per heavy atom. The van der Waals surface area contributed by atoms with Crippen molar-refractivity contribution in [2.75, 3.05) is 0 Å². The Balaban J connectivity index is 1.96. The molecule has 0 aliphatic carbocycles. The third-order valence-electron chi connectivity index (χ3n) is 3.19. The van der Waals surface area contributed by atoms with Crippen LogP contribution < -0.4 is 0 Å². The third kappa shape index (κ3) is 3.38. The van der Waals surface area contributed by atoms with Gasteiger partial charge in [0.15, 0.2) is 0 Å². The Morgan fingerprint density at radius 3 is 2.64 bits per heavy atom. The van der Waals surface area contributed by atoms with Crippen molar-refractivity contribution in [3.8, 4) is 11.3 Å². The van der Waals surface area contributed by atoms with Crippen molar-refractivity contribution >= 4 is 17.3 Å². The highest BCUT2D eigenvalue weighted by atomic mass is 32.1. The van der Waals surface area contributed by atoms with Crippen LogP contribution in [0.2, 0.25) is 0 Å². The van der Waals surface area contributed by atoms with Crippen molar-refractivity contribution < 1.29 is 9.90 Å². The summed E-state index contributed by atoms with van der Waals surface area (Å²) in [5.74, 6) is -0.847. The van der Waals surface area contributed by atoms with Crippen LogP contribution in [0.1, 0.15) is 15.4 Å². The van der Waals surface area contributed by atoms with Crippen LogP contribution >= 0.6 is 11.3 Å². The summed E-state index contributed by atoms with van der Waals surface area (Å²) in [6.45, 7) is 0. The van der Waals surface area contributed by atoms with E-state index >= 15 is 0 Å². The first-order chi connectivity index (χ1) is 10.7. The number of thiazole rings is 1. The average Bonchev–Trinajstić information content (AvgIpc) is 2.91. The summed E-state index contributed by atoms with van der Waals surface area (Å²) < 4.78 is 0. The molecule has 3 rings (SSSR count). The standard InChI is InChI=1S/C17H14N2O2S/c20-16(21)10-14-17(13-7-4-8-18-11-13)19-15(22-14)9-12-5-2-1-3-6-12/h1-8,11H,9-10H2,(H,20,21). The quantitative estimate of drug-likeness (QED) is 0.784. The van der Waals surface area contributed by atoms with Crippen molar-refractivity contribution in [1.29, 1.82) is 0 Å². The zero-order valence-electron chi connectivity index (χ0n) is 11.8. The van der Waals surface area contributed by atoms with Gasteiger partial charge in [-0.05, 0) is 17.7 Å². The van der Waals surface area contributed by atoms with E-state index in [0.29, 0.717) is 6.42 Å². The molecule has 0 spiro atoms. The first kappa shape index (κ1) is 14.4. The highest BCUT2D eigenvalue weighted by molar-refractivity contribution is 7.12. The van der Waals surface area contributed by atoms with Crippen molar-refractivity contribution in [1.82, 2.24) is 9.97 Å². The molecule has 0 aliphatic heterocycles. The average molecular weight is 310 g/mol. The second-order valence-corrected chi connectivity index (χ2v) is 6.02. The topological polar surface area (TPSA) is 63.1 Å². The van der Waals surface area contributed by atoms with Crippen molar-refractivity contribution in [2.24, 2.45) is 0 Å². The molecule has 0 unspecified atom stereocenters. The van der Waals surface area contributed by atoms with Gasteiger partial charge in [0.25, 0.3) is 0 Å². The van der Waals surface area contributed by atoms with Crippen LogP contribution in [0.15, 0.2) is 54.9 Å². The number of benzene rings is 1. The molecular formula is C17H14N2O2S. The Morgan fingerprint density at radius 2 is 1.95 bits per heavy atom. The van der Waals surface area contributed by atoms with E-state index in [0.717, 1.165) is 26.7 Å². The van der Waals surface area contributed by atoms with Gasteiger partial charge in [-0.25, -0.2) is 4.98 Å². The minimum atomic E-state index is -0.847. The Bertz CT molecular complexity index is 770. The SMILES string of the molecule is O=C(O)Cc1sc(Cc2ccccc2)nc1-c1cccnc1. The highest BCUT2D eigenvalue weighted by Gasteiger charge is 2.16. The van der Waals surface area contributed by atoms with Crippen LogP contribution in [0.3, 0.4) is 0 Å². The van der Waals surface area contributed by atoms with Gasteiger partial charge >= 0.3 is 5.97 Å². The van der Waals surface area contributed by atoms with Crippen LogP contribution in [-0.2, 0) is 17.6 Å². The summed E-state index contributed by atoms with van der Waals surface area (Å²) in [6.07, 6.45) is 4.10. The molecule has 2 heterocycles. The number of nitrogens with zero attached hydrogens (tertiary/aromatic N) is 2. The van der Waals surface area contributed by atoms with Crippen LogP contribution in [0, 0.1) is 0 Å². The number of aromatic nitrogens is 2. The molecule has 0 amide bonds. The van der Waals surface area contributed by atoms with Gasteiger partial charge in [0.05, 0.1) is 17.1 Å². The first-order valence-corrected chi connectivity index (χ1v) is 7.69. The Labute approximate surface area is 132 Å². The van der Waals surface area contributed by atoms with Crippen molar-refractivity contribution in [3.05, 3.63) is 70.3 Å². The van der Waals surface area contributed by atoms with Gasteiger partial charge in [0.1, 0.15) is 0 Å². The molecule has 0 bridgehead atoms. The lowest BCUT2D eigenvalue weighted by Gasteiger charge is -1.99. The molecule has 0 fully saturated rings. The second kappa shape index (κ2) is 6.49. The van der Waals surface area contributed by atoms with E-state index in [1.54, 1.807) is 12.4 Å². The van der Waals surface area contributed by atoms with Gasteiger partial charge in [-0.2, -0.15) is 0 Å². The van der Waals surface area contributed by atoms with Gasteiger partial charge < -0.3 is 5.11 Å². The maximum atomic E-state index is 11.1. The molecule has 1 aromatic carbocycles. The highest BCUT2D eigenvalue weighted by Crippen LogP contribution is 2.29. The van der Waals surface area contributed by atoms with Crippen LogP contribution in [-0.4, -0.2) is 21.0 Å². The monoisotopic (exact) mass is 310 g/mol. The van der Waals surface area contributed by atoms with E-state index in [9.17, 15) is 4.79 Å². The molecule has 0 saturated heterocycles. The van der Waals surface area contributed by atoms with Gasteiger partial charge in [-0.1, -0.05) is 30.3 Å². The van der Waals surface area contributed by atoms with E-state index in [4.69, 9.17) is 5.11 Å². The first-order valence-electron chi connectivity index (χ1n) is 6.87. The molecule has 110 valence electrons. The van der Waals surface area contributed by atoms with Crippen molar-refractivity contribution in [2.45, 2.75) is 12.8 Å². The van der Waals surface area contributed by atoms with E-state index in [2.05, 4.69) is 9.97 Å². The van der Waals surface area contributed by atoms with E-state index in [1.165, 1.54) is 11.3 Å². The second-order valence-electron chi connectivity index (χ2n) is 4.85. The Kier molecular flexibility index (Phi) is 4.25. The van der Waals surface area contributed by atoms with Crippen LogP contribution in [0.4, 0.5) is 0 Å². The molecule has 3 aromatic rings. The smallest absolute Gasteiger partial charge is 0.308 e. The summed E-state index contributed by atoms with van der Waals surface area (Å²) in [5, 5.41) is 10.0. The number of pyridine rings is 1. The molecule has 0 atom stereocenters. The molecule has 1 N–H and O–H groups in total. The predicted molar refractivity (Wildman–Crippen MR) is 85.9 cm³/mol. The molecule has 2 aromatic heterocycles. The molecule has 22 heavy (non-hydrogen) atoms. The summed E-state index contributed by atoms with van der Waals surface area (Å²) in [7, 11) is 0. The lowest BCUT2D eigenvalue weighted by molar-refractivity contribution is -0.136. The fraction of sp³-hybridized carbons (Fsp3) is 0.118. The molecular weight excluding hydrogens is 296 g/mol. The van der Waals surface area contributed by atoms with Crippen LogP contribution in [0.25, 0.3) is 11.3 Å². The fourth-order valence-electron chi connectivity index (χ4n) is 2.23. The third-order valence-corrected chi connectivity index (χ3v) is 4.24. The minimum Gasteiger partial charge on any atom is -0.481 e. The molecule has 5 heteroatoms. The van der Waals surface area contributed by atoms with Crippen LogP contribution in [0.5, 0.6) is 0 Å². The lowest BCUT2D eigenvalue weighted by Crippen LogP contribution is -1.99. The minimum absolute atomic E-state index is 0.0172. The lowest BCUT2D eigenvalue weighted by atomic mass is 10.1. The molecule has 0 saturated carbocycles. The van der Waals surface area contributed by atoms with Gasteiger partial charge in [-0.15, -0.1) is 11.3 Å². The zero-order chi connectivity index (χ0) is 15.4. The van der Waals surface area contributed by atoms with Gasteiger partial charge in [0, 0.05) is 29.3 Å². The number of rotatable bonds is 5. The van der Waals surface area contributed by atoms with Gasteiger partial charge in [0.2, 0.25) is 0 Å². The molecule has 0 radical (unpaired) electrons. The van der Waals surface area contributed by atoms with Crippen molar-refractivity contribution in [3.63, 3.8) is 0 Å². The maximum Gasteiger partial charge on any atom is 0.308 e. The van der Waals surface area contributed by atoms with Gasteiger partial charge in [-0.3, -0.25) is 9.78 Å². The van der Waals surface area contributed by atoms with E-state index in [-0.39, 0.29) is 6.42 Å².